The molecule has 22 heavy (non-hydrogen) atoms. The summed E-state index contributed by atoms with van der Waals surface area (Å²) in [4.78, 5) is 25.9. The molecule has 4 nitrogen and oxygen atoms in total. The van der Waals surface area contributed by atoms with Gasteiger partial charge >= 0.3 is 0 Å². The zero-order valence-corrected chi connectivity index (χ0v) is 12.7. The third-order valence-corrected chi connectivity index (χ3v) is 5.31. The largest absolute Gasteiger partial charge is 0.326 e. The maximum Gasteiger partial charge on any atom is 0.228 e. The Morgan fingerprint density at radius 1 is 1.23 bits per heavy atom. The summed E-state index contributed by atoms with van der Waals surface area (Å²) >= 11 is 0. The molecule has 1 aliphatic heterocycles. The van der Waals surface area contributed by atoms with Crippen molar-refractivity contribution >= 4 is 23.2 Å². The zero-order valence-electron chi connectivity index (χ0n) is 12.7. The molecule has 2 amide bonds. The topological polar surface area (TPSA) is 49.4 Å². The van der Waals surface area contributed by atoms with Gasteiger partial charge in [0.25, 0.3) is 0 Å². The molecule has 0 unspecified atom stereocenters. The maximum atomic E-state index is 12.5. The lowest BCUT2D eigenvalue weighted by Gasteiger charge is -2.26. The molecule has 114 valence electrons. The first-order valence-electron chi connectivity index (χ1n) is 8.00. The van der Waals surface area contributed by atoms with Gasteiger partial charge in [0, 0.05) is 30.8 Å². The van der Waals surface area contributed by atoms with Crippen LogP contribution in [0.25, 0.3) is 0 Å². The number of hydrogen-bond donors (Lipinski definition) is 1. The average Bonchev–Trinajstić information content (AvgIpc) is 3.14. The number of nitrogens with one attached hydrogen (secondary N) is 1. The first-order chi connectivity index (χ1) is 10.6. The average molecular weight is 296 g/mol. The maximum absolute atomic E-state index is 12.5. The number of benzene rings is 1. The van der Waals surface area contributed by atoms with Gasteiger partial charge in [0.15, 0.2) is 0 Å². The lowest BCUT2D eigenvalue weighted by molar-refractivity contribution is -0.120. The highest BCUT2D eigenvalue weighted by Crippen LogP contribution is 2.43. The number of anilines is 2. The van der Waals surface area contributed by atoms with E-state index in [0.29, 0.717) is 18.3 Å². The Kier molecular flexibility index (Phi) is 3.06. The van der Waals surface area contributed by atoms with Crippen LogP contribution in [0.2, 0.25) is 0 Å². The van der Waals surface area contributed by atoms with Gasteiger partial charge in [0.05, 0.1) is 0 Å². The van der Waals surface area contributed by atoms with Crippen LogP contribution >= 0.6 is 0 Å². The van der Waals surface area contributed by atoms with Crippen LogP contribution in [0.1, 0.15) is 24.8 Å². The summed E-state index contributed by atoms with van der Waals surface area (Å²) in [5.41, 5.74) is 2.93. The van der Waals surface area contributed by atoms with Crippen LogP contribution in [-0.2, 0) is 16.0 Å². The van der Waals surface area contributed by atoms with Crippen molar-refractivity contribution in [3.63, 3.8) is 0 Å². The summed E-state index contributed by atoms with van der Waals surface area (Å²) in [7, 11) is 1.81. The lowest BCUT2D eigenvalue weighted by Crippen LogP contribution is -2.31. The standard InChI is InChI=1S/C18H20N2O2/c1-20-16-6-5-14(10-13(16)4-7-17(20)21)19-18(22)15-9-11-2-3-12(15)8-11/h2-3,5-6,10-12,15H,4,7-9H2,1H3,(H,19,22)/t11-,12-,15-/m0/s1. The molecular formula is C18H20N2O2. The molecule has 1 aromatic rings. The van der Waals surface area contributed by atoms with E-state index in [1.165, 1.54) is 0 Å². The number of allylic oxidation sites excluding steroid dienone is 2. The van der Waals surface area contributed by atoms with Gasteiger partial charge in [-0.25, -0.2) is 0 Å². The molecule has 3 atom stereocenters. The first kappa shape index (κ1) is 13.6. The molecule has 1 fully saturated rings. The van der Waals surface area contributed by atoms with Crippen molar-refractivity contribution in [2.45, 2.75) is 25.7 Å². The van der Waals surface area contributed by atoms with Crippen molar-refractivity contribution in [2.75, 3.05) is 17.3 Å². The van der Waals surface area contributed by atoms with Crippen LogP contribution in [0.15, 0.2) is 30.4 Å². The first-order valence-corrected chi connectivity index (χ1v) is 8.00. The van der Waals surface area contributed by atoms with Crippen LogP contribution < -0.4 is 10.2 Å². The minimum atomic E-state index is 0.121. The zero-order chi connectivity index (χ0) is 15.3. The highest BCUT2D eigenvalue weighted by Gasteiger charge is 2.39. The SMILES string of the molecule is CN1C(=O)CCc2cc(NC(=O)[C@H]3C[C@H]4C=C[C@H]3C4)ccc21. The summed E-state index contributed by atoms with van der Waals surface area (Å²) in [6.45, 7) is 0. The van der Waals surface area contributed by atoms with Gasteiger partial charge < -0.3 is 10.2 Å². The Balaban J connectivity index is 1.51. The van der Waals surface area contributed by atoms with Crippen molar-refractivity contribution in [1.29, 1.82) is 0 Å². The summed E-state index contributed by atoms with van der Waals surface area (Å²) < 4.78 is 0. The number of carbonyl (C=O) groups excluding carboxylic acids is 2. The minimum absolute atomic E-state index is 0.121. The molecule has 4 heteroatoms. The monoisotopic (exact) mass is 296 g/mol. The van der Waals surface area contributed by atoms with Gasteiger partial charge in [-0.05, 0) is 54.9 Å². The fraction of sp³-hybridized carbons (Fsp3) is 0.444. The van der Waals surface area contributed by atoms with Crippen molar-refractivity contribution in [3.05, 3.63) is 35.9 Å². The van der Waals surface area contributed by atoms with Gasteiger partial charge in [-0.2, -0.15) is 0 Å². The second-order valence-electron chi connectivity index (χ2n) is 6.67. The van der Waals surface area contributed by atoms with Crippen LogP contribution in [0.3, 0.4) is 0 Å². The number of hydrogen-bond acceptors (Lipinski definition) is 2. The van der Waals surface area contributed by atoms with Crippen molar-refractivity contribution in [1.82, 2.24) is 0 Å². The van der Waals surface area contributed by atoms with E-state index in [9.17, 15) is 9.59 Å². The molecule has 1 saturated carbocycles. The fourth-order valence-electron chi connectivity index (χ4n) is 4.05. The van der Waals surface area contributed by atoms with Gasteiger partial charge in [0.2, 0.25) is 11.8 Å². The number of rotatable bonds is 2. The normalized spacial score (nSPS) is 28.9. The smallest absolute Gasteiger partial charge is 0.228 e. The second kappa shape index (κ2) is 4.97. The van der Waals surface area contributed by atoms with E-state index in [-0.39, 0.29) is 17.7 Å². The number of carbonyl (C=O) groups is 2. The molecule has 0 aromatic heterocycles. The quantitative estimate of drug-likeness (QED) is 0.853. The predicted molar refractivity (Wildman–Crippen MR) is 85.6 cm³/mol. The summed E-state index contributed by atoms with van der Waals surface area (Å²) in [6.07, 6.45) is 7.85. The van der Waals surface area contributed by atoms with E-state index in [2.05, 4.69) is 17.5 Å². The molecule has 2 aliphatic carbocycles. The summed E-state index contributed by atoms with van der Waals surface area (Å²) in [5.74, 6) is 1.43. The Hall–Kier alpha value is -2.10. The molecule has 0 spiro atoms. The van der Waals surface area contributed by atoms with E-state index in [0.717, 1.165) is 36.2 Å². The molecule has 1 aromatic carbocycles. The van der Waals surface area contributed by atoms with Crippen molar-refractivity contribution < 1.29 is 9.59 Å². The van der Waals surface area contributed by atoms with E-state index in [4.69, 9.17) is 0 Å². The van der Waals surface area contributed by atoms with Gasteiger partial charge in [-0.15, -0.1) is 0 Å². The minimum Gasteiger partial charge on any atom is -0.326 e. The summed E-state index contributed by atoms with van der Waals surface area (Å²) in [6, 6.07) is 5.84. The van der Waals surface area contributed by atoms with Crippen LogP contribution in [0, 0.1) is 17.8 Å². The molecule has 1 N–H and O–H groups in total. The van der Waals surface area contributed by atoms with Crippen molar-refractivity contribution in [3.8, 4) is 0 Å². The highest BCUT2D eigenvalue weighted by atomic mass is 16.2. The summed E-state index contributed by atoms with van der Waals surface area (Å²) in [5, 5.41) is 3.07. The van der Waals surface area contributed by atoms with Crippen LogP contribution in [-0.4, -0.2) is 18.9 Å². The Labute approximate surface area is 130 Å². The van der Waals surface area contributed by atoms with E-state index in [1.807, 2.05) is 18.2 Å². The molecule has 1 heterocycles. The fourth-order valence-corrected chi connectivity index (χ4v) is 4.05. The predicted octanol–water partition coefficient (Wildman–Crippen LogP) is 2.75. The van der Waals surface area contributed by atoms with Gasteiger partial charge in [-0.1, -0.05) is 12.2 Å². The second-order valence-corrected chi connectivity index (χ2v) is 6.67. The van der Waals surface area contributed by atoms with Gasteiger partial charge in [-0.3, -0.25) is 9.59 Å². The molecule has 2 bridgehead atoms. The molecular weight excluding hydrogens is 276 g/mol. The van der Waals surface area contributed by atoms with Crippen LogP contribution in [0.4, 0.5) is 11.4 Å². The van der Waals surface area contributed by atoms with Crippen molar-refractivity contribution in [2.24, 2.45) is 17.8 Å². The van der Waals surface area contributed by atoms with E-state index < -0.39 is 0 Å². The number of fused-ring (bicyclic) bond motifs is 3. The van der Waals surface area contributed by atoms with Crippen LogP contribution in [0.5, 0.6) is 0 Å². The Morgan fingerprint density at radius 3 is 2.82 bits per heavy atom. The highest BCUT2D eigenvalue weighted by molar-refractivity contribution is 5.97. The third-order valence-electron chi connectivity index (χ3n) is 5.31. The Bertz CT molecular complexity index is 680. The number of aryl methyl sites for hydroxylation is 1. The number of amides is 2. The molecule has 0 radical (unpaired) electrons. The number of nitrogens with zero attached hydrogens (tertiary/aromatic N) is 1. The molecule has 0 saturated heterocycles. The lowest BCUT2D eigenvalue weighted by atomic mass is 9.92. The molecule has 4 rings (SSSR count). The van der Waals surface area contributed by atoms with E-state index in [1.54, 1.807) is 11.9 Å². The Morgan fingerprint density at radius 2 is 2.09 bits per heavy atom. The molecule has 3 aliphatic rings. The van der Waals surface area contributed by atoms with E-state index >= 15 is 0 Å². The third kappa shape index (κ3) is 2.14. The van der Waals surface area contributed by atoms with Gasteiger partial charge in [0.1, 0.15) is 0 Å².